The van der Waals surface area contributed by atoms with Crippen LogP contribution < -0.4 is 10.6 Å². The van der Waals surface area contributed by atoms with E-state index in [1.807, 2.05) is 30.0 Å². The molecule has 0 saturated carbocycles. The van der Waals surface area contributed by atoms with Crippen molar-refractivity contribution >= 4 is 45.6 Å². The lowest BCUT2D eigenvalue weighted by Gasteiger charge is -2.31. The largest absolute Gasteiger partial charge is 0.389 e. The molecule has 21 heavy (non-hydrogen) atoms. The van der Waals surface area contributed by atoms with Crippen LogP contribution in [0.3, 0.4) is 0 Å². The highest BCUT2D eigenvalue weighted by atomic mass is 32.2. The number of anilines is 1. The summed E-state index contributed by atoms with van der Waals surface area (Å²) in [5.74, 6) is 1.07. The fraction of sp³-hybridized carbons (Fsp3) is 0.375. The minimum atomic E-state index is 0.397. The number of hydrogen-bond donors (Lipinski definition) is 1. The summed E-state index contributed by atoms with van der Waals surface area (Å²) in [4.78, 5) is 7.18. The molecule has 0 saturated heterocycles. The number of aromatic nitrogens is 1. The fourth-order valence-electron chi connectivity index (χ4n) is 2.57. The minimum absolute atomic E-state index is 0.397. The summed E-state index contributed by atoms with van der Waals surface area (Å²) in [7, 11) is 2.12. The van der Waals surface area contributed by atoms with E-state index in [-0.39, 0.29) is 0 Å². The van der Waals surface area contributed by atoms with Crippen molar-refractivity contribution < 1.29 is 0 Å². The first kappa shape index (κ1) is 16.0. The van der Waals surface area contributed by atoms with Crippen molar-refractivity contribution in [2.24, 2.45) is 5.73 Å². The molecule has 1 atom stereocenters. The molecule has 0 amide bonds. The molecule has 1 heterocycles. The summed E-state index contributed by atoms with van der Waals surface area (Å²) in [6.07, 6.45) is 5.00. The molecule has 1 aromatic heterocycles. The molecule has 2 aromatic rings. The third kappa shape index (κ3) is 3.30. The van der Waals surface area contributed by atoms with Gasteiger partial charge in [0.2, 0.25) is 0 Å². The number of fused-ring (bicyclic) bond motifs is 1. The van der Waals surface area contributed by atoms with Gasteiger partial charge in [0.05, 0.1) is 16.8 Å². The second kappa shape index (κ2) is 7.09. The molecule has 0 bridgehead atoms. The molecule has 0 fully saturated rings. The van der Waals surface area contributed by atoms with Crippen LogP contribution in [0, 0.1) is 0 Å². The van der Waals surface area contributed by atoms with E-state index in [1.165, 1.54) is 0 Å². The Hall–Kier alpha value is -1.33. The predicted octanol–water partition coefficient (Wildman–Crippen LogP) is 3.45. The zero-order valence-electron chi connectivity index (χ0n) is 12.7. The number of benzene rings is 1. The van der Waals surface area contributed by atoms with Crippen molar-refractivity contribution in [1.82, 2.24) is 4.98 Å². The van der Waals surface area contributed by atoms with Gasteiger partial charge >= 0.3 is 0 Å². The highest BCUT2D eigenvalue weighted by molar-refractivity contribution is 7.98. The number of thioether (sulfide) groups is 1. The number of thiocarbonyl (C=S) groups is 1. The number of pyridine rings is 1. The summed E-state index contributed by atoms with van der Waals surface area (Å²) < 4.78 is 0. The van der Waals surface area contributed by atoms with Gasteiger partial charge in [0.15, 0.2) is 0 Å². The molecule has 112 valence electrons. The number of nitrogens with zero attached hydrogens (tertiary/aromatic N) is 2. The molecule has 3 nitrogen and oxygen atoms in total. The quantitative estimate of drug-likeness (QED) is 0.826. The van der Waals surface area contributed by atoms with Crippen LogP contribution in [-0.4, -0.2) is 35.1 Å². The molecule has 1 aromatic carbocycles. The molecule has 0 aliphatic heterocycles. The van der Waals surface area contributed by atoms with E-state index in [2.05, 4.69) is 36.2 Å². The normalized spacial score (nSPS) is 12.3. The van der Waals surface area contributed by atoms with Gasteiger partial charge in [0.1, 0.15) is 4.99 Å². The van der Waals surface area contributed by atoms with Crippen LogP contribution in [0.5, 0.6) is 0 Å². The topological polar surface area (TPSA) is 42.1 Å². The van der Waals surface area contributed by atoms with Crippen molar-refractivity contribution in [2.45, 2.75) is 19.4 Å². The molecule has 0 aliphatic rings. The summed E-state index contributed by atoms with van der Waals surface area (Å²) >= 11 is 7.08. The van der Waals surface area contributed by atoms with Gasteiger partial charge in [-0.05, 0) is 18.7 Å². The maximum absolute atomic E-state index is 5.92. The number of para-hydroxylation sites is 1. The monoisotopic (exact) mass is 319 g/mol. The summed E-state index contributed by atoms with van der Waals surface area (Å²) in [6.45, 7) is 2.21. The lowest BCUT2D eigenvalue weighted by molar-refractivity contribution is 0.674. The third-order valence-electron chi connectivity index (χ3n) is 3.74. The number of rotatable bonds is 6. The Bertz CT molecular complexity index is 642. The maximum atomic E-state index is 5.92. The highest BCUT2D eigenvalue weighted by Gasteiger charge is 2.20. The van der Waals surface area contributed by atoms with E-state index < -0.39 is 0 Å². The van der Waals surface area contributed by atoms with Crippen LogP contribution in [0.25, 0.3) is 10.9 Å². The zero-order valence-corrected chi connectivity index (χ0v) is 14.3. The Kier molecular flexibility index (Phi) is 5.42. The van der Waals surface area contributed by atoms with Crippen LogP contribution in [-0.2, 0) is 0 Å². The van der Waals surface area contributed by atoms with Crippen molar-refractivity contribution in [2.75, 3.05) is 24.0 Å². The Labute approximate surface area is 135 Å². The first-order valence-corrected chi connectivity index (χ1v) is 8.79. The summed E-state index contributed by atoms with van der Waals surface area (Å²) in [5, 5.41) is 1.10. The van der Waals surface area contributed by atoms with E-state index in [9.17, 15) is 0 Å². The third-order valence-corrected chi connectivity index (χ3v) is 4.68. The molecule has 5 heteroatoms. The van der Waals surface area contributed by atoms with Gasteiger partial charge in [-0.25, -0.2) is 0 Å². The van der Waals surface area contributed by atoms with Crippen LogP contribution in [0.4, 0.5) is 5.69 Å². The first-order chi connectivity index (χ1) is 10.1. The van der Waals surface area contributed by atoms with Gasteiger partial charge in [-0.3, -0.25) is 4.98 Å². The van der Waals surface area contributed by atoms with Gasteiger partial charge < -0.3 is 10.6 Å². The Morgan fingerprint density at radius 2 is 2.14 bits per heavy atom. The lowest BCUT2D eigenvalue weighted by Crippen LogP contribution is -2.35. The van der Waals surface area contributed by atoms with Crippen molar-refractivity contribution in [3.05, 3.63) is 36.0 Å². The molecule has 2 rings (SSSR count). The molecule has 0 radical (unpaired) electrons. The van der Waals surface area contributed by atoms with Gasteiger partial charge in [-0.15, -0.1) is 0 Å². The SMILES string of the molecule is CCC(CSC)N(C)c1c(C(N)=S)cnc2ccccc12. The van der Waals surface area contributed by atoms with Gasteiger partial charge in [0.25, 0.3) is 0 Å². The lowest BCUT2D eigenvalue weighted by atomic mass is 10.1. The van der Waals surface area contributed by atoms with Crippen molar-refractivity contribution in [1.29, 1.82) is 0 Å². The second-order valence-electron chi connectivity index (χ2n) is 5.03. The second-order valence-corrected chi connectivity index (χ2v) is 6.38. The van der Waals surface area contributed by atoms with Crippen LogP contribution in [0.1, 0.15) is 18.9 Å². The highest BCUT2D eigenvalue weighted by Crippen LogP contribution is 2.31. The Morgan fingerprint density at radius 3 is 2.76 bits per heavy atom. The van der Waals surface area contributed by atoms with Crippen molar-refractivity contribution in [3.63, 3.8) is 0 Å². The number of hydrogen-bond acceptors (Lipinski definition) is 4. The van der Waals surface area contributed by atoms with Gasteiger partial charge in [-0.2, -0.15) is 11.8 Å². The van der Waals surface area contributed by atoms with E-state index in [4.69, 9.17) is 18.0 Å². The smallest absolute Gasteiger partial charge is 0.107 e. The average molecular weight is 319 g/mol. The van der Waals surface area contributed by atoms with Crippen LogP contribution in [0.2, 0.25) is 0 Å². The first-order valence-electron chi connectivity index (χ1n) is 6.99. The molecular weight excluding hydrogens is 298 g/mol. The van der Waals surface area contributed by atoms with E-state index in [1.54, 1.807) is 6.20 Å². The summed E-state index contributed by atoms with van der Waals surface area (Å²) in [6, 6.07) is 8.57. The average Bonchev–Trinajstić information content (AvgIpc) is 2.50. The van der Waals surface area contributed by atoms with E-state index >= 15 is 0 Å². The standard InChI is InChI=1S/C16H21N3S2/c1-4-11(10-21-3)19(2)15-12-7-5-6-8-14(12)18-9-13(15)16(17)20/h5-9,11H,4,10H2,1-3H3,(H2,17,20). The predicted molar refractivity (Wildman–Crippen MR) is 98.5 cm³/mol. The fourth-order valence-corrected chi connectivity index (χ4v) is 3.56. The molecule has 2 N–H and O–H groups in total. The molecule has 0 spiro atoms. The summed E-state index contributed by atoms with van der Waals surface area (Å²) in [5.41, 5.74) is 8.83. The molecule has 1 unspecified atom stereocenters. The Balaban J connectivity index is 2.63. The minimum Gasteiger partial charge on any atom is -0.389 e. The van der Waals surface area contributed by atoms with Crippen LogP contribution >= 0.6 is 24.0 Å². The maximum Gasteiger partial charge on any atom is 0.107 e. The van der Waals surface area contributed by atoms with Crippen molar-refractivity contribution in [3.8, 4) is 0 Å². The van der Waals surface area contributed by atoms with E-state index in [0.29, 0.717) is 11.0 Å². The van der Waals surface area contributed by atoms with E-state index in [0.717, 1.165) is 34.3 Å². The van der Waals surface area contributed by atoms with Crippen LogP contribution in [0.15, 0.2) is 30.5 Å². The zero-order chi connectivity index (χ0) is 15.4. The van der Waals surface area contributed by atoms with Gasteiger partial charge in [0, 0.05) is 30.4 Å². The van der Waals surface area contributed by atoms with Gasteiger partial charge in [-0.1, -0.05) is 37.3 Å². The Morgan fingerprint density at radius 1 is 1.43 bits per heavy atom. The molecule has 0 aliphatic carbocycles. The molecular formula is C16H21N3S2. The number of nitrogens with two attached hydrogens (primary N) is 1.